The summed E-state index contributed by atoms with van der Waals surface area (Å²) in [6.07, 6.45) is 9.59. The third kappa shape index (κ3) is 5.91. The largest absolute Gasteiger partial charge is 0.497 e. The average Bonchev–Trinajstić information content (AvgIpc) is 3.64. The van der Waals surface area contributed by atoms with Crippen molar-refractivity contribution >= 4 is 5.91 Å². The molecule has 4 rings (SSSR count). The Morgan fingerprint density at radius 3 is 2.14 bits per heavy atom. The van der Waals surface area contributed by atoms with Gasteiger partial charge in [-0.1, -0.05) is 36.4 Å². The molecule has 0 spiro atoms. The maximum absolute atomic E-state index is 12.5. The zero-order valence-corrected chi connectivity index (χ0v) is 20.8. The van der Waals surface area contributed by atoms with Crippen molar-refractivity contribution in [2.24, 2.45) is 5.92 Å². The normalized spacial score (nSPS) is 16.1. The Morgan fingerprint density at radius 1 is 0.971 bits per heavy atom. The predicted molar refractivity (Wildman–Crippen MR) is 139 cm³/mol. The molecule has 3 aromatic rings. The highest BCUT2D eigenvalue weighted by atomic mass is 16.5. The van der Waals surface area contributed by atoms with Gasteiger partial charge in [-0.2, -0.15) is 0 Å². The first-order valence-electron chi connectivity index (χ1n) is 12.2. The van der Waals surface area contributed by atoms with E-state index in [0.717, 1.165) is 42.9 Å². The number of aromatic nitrogens is 1. The quantitative estimate of drug-likeness (QED) is 0.301. The van der Waals surface area contributed by atoms with Crippen LogP contribution in [-0.4, -0.2) is 31.7 Å². The third-order valence-corrected chi connectivity index (χ3v) is 6.87. The topological polar surface area (TPSA) is 60.5 Å². The number of hydrogen-bond donors (Lipinski definition) is 1. The Balaban J connectivity index is 1.34. The van der Waals surface area contributed by atoms with Gasteiger partial charge in [0.25, 0.3) is 0 Å². The van der Waals surface area contributed by atoms with Crippen LogP contribution in [0.3, 0.4) is 0 Å². The van der Waals surface area contributed by atoms with Gasteiger partial charge in [0.1, 0.15) is 11.5 Å². The van der Waals surface area contributed by atoms with Crippen molar-refractivity contribution < 1.29 is 14.3 Å². The highest BCUT2D eigenvalue weighted by Crippen LogP contribution is 2.59. The fraction of sp³-hybridized carbons (Fsp3) is 0.333. The molecule has 0 saturated heterocycles. The van der Waals surface area contributed by atoms with Crippen molar-refractivity contribution in [1.29, 1.82) is 0 Å². The third-order valence-electron chi connectivity index (χ3n) is 6.87. The van der Waals surface area contributed by atoms with Gasteiger partial charge >= 0.3 is 0 Å². The van der Waals surface area contributed by atoms with Crippen molar-refractivity contribution in [3.05, 3.63) is 101 Å². The molecule has 1 heterocycles. The molecular formula is C30H34N2O3. The number of ether oxygens (including phenoxy) is 2. The lowest BCUT2D eigenvalue weighted by Crippen LogP contribution is -2.22. The summed E-state index contributed by atoms with van der Waals surface area (Å²) in [4.78, 5) is 16.8. The van der Waals surface area contributed by atoms with E-state index in [0.29, 0.717) is 6.54 Å². The second-order valence-electron chi connectivity index (χ2n) is 9.15. The molecule has 0 aliphatic heterocycles. The van der Waals surface area contributed by atoms with Crippen LogP contribution in [0.4, 0.5) is 0 Å². The van der Waals surface area contributed by atoms with E-state index in [1.54, 1.807) is 20.3 Å². The summed E-state index contributed by atoms with van der Waals surface area (Å²) in [6.45, 7) is 2.67. The summed E-state index contributed by atoms with van der Waals surface area (Å²) in [5.41, 5.74) is 4.58. The molecule has 1 aliphatic rings. The molecule has 1 fully saturated rings. The molecule has 182 valence electrons. The fourth-order valence-electron chi connectivity index (χ4n) is 4.70. The van der Waals surface area contributed by atoms with Gasteiger partial charge < -0.3 is 14.8 Å². The number of nitrogens with zero attached hydrogens (tertiary/aromatic N) is 1. The van der Waals surface area contributed by atoms with Gasteiger partial charge in [0, 0.05) is 23.9 Å². The zero-order chi connectivity index (χ0) is 24.7. The average molecular weight is 471 g/mol. The number of aryl methyl sites for hydroxylation is 2. The minimum atomic E-state index is -0.141. The molecule has 1 N–H and O–H groups in total. The molecule has 1 amide bonds. The minimum Gasteiger partial charge on any atom is -0.497 e. The van der Waals surface area contributed by atoms with Crippen molar-refractivity contribution in [3.8, 4) is 11.5 Å². The Hall–Kier alpha value is -3.60. The van der Waals surface area contributed by atoms with E-state index in [1.807, 2.05) is 43.5 Å². The molecule has 5 heteroatoms. The van der Waals surface area contributed by atoms with Crippen LogP contribution in [0.1, 0.15) is 41.6 Å². The van der Waals surface area contributed by atoms with Crippen LogP contribution in [0.25, 0.3) is 0 Å². The number of pyridine rings is 1. The summed E-state index contributed by atoms with van der Waals surface area (Å²) in [6, 6.07) is 20.7. The fourth-order valence-corrected chi connectivity index (χ4v) is 4.70. The number of rotatable bonds is 11. The molecule has 1 atom stereocenters. The maximum Gasteiger partial charge on any atom is 0.243 e. The van der Waals surface area contributed by atoms with Gasteiger partial charge in [0.2, 0.25) is 5.91 Å². The van der Waals surface area contributed by atoms with Crippen LogP contribution in [0, 0.1) is 12.8 Å². The summed E-state index contributed by atoms with van der Waals surface area (Å²) in [5.74, 6) is 1.89. The van der Waals surface area contributed by atoms with Crippen molar-refractivity contribution in [1.82, 2.24) is 10.3 Å². The highest BCUT2D eigenvalue weighted by Gasteiger charge is 2.55. The summed E-state index contributed by atoms with van der Waals surface area (Å²) in [7, 11) is 3.35. The SMILES string of the molecule is COc1ccc(C2(c3ccc(OC)cc3)C[C@H]2C=CC(=O)NCCCCc2ccc(C)nc2)cc1. The monoisotopic (exact) mass is 470 g/mol. The number of hydrogen-bond acceptors (Lipinski definition) is 4. The molecule has 0 bridgehead atoms. The summed E-state index contributed by atoms with van der Waals surface area (Å²) >= 11 is 0. The number of unbranched alkanes of at least 4 members (excludes halogenated alkanes) is 1. The number of allylic oxidation sites excluding steroid dienone is 1. The van der Waals surface area contributed by atoms with E-state index in [2.05, 4.69) is 46.7 Å². The molecule has 1 aliphatic carbocycles. The van der Waals surface area contributed by atoms with Crippen LogP contribution in [0.2, 0.25) is 0 Å². The van der Waals surface area contributed by atoms with Gasteiger partial charge in [-0.05, 0) is 91.6 Å². The van der Waals surface area contributed by atoms with Gasteiger partial charge in [0.15, 0.2) is 0 Å². The summed E-state index contributed by atoms with van der Waals surface area (Å²) < 4.78 is 10.7. The number of nitrogens with one attached hydrogen (secondary N) is 1. The second-order valence-corrected chi connectivity index (χ2v) is 9.15. The van der Waals surface area contributed by atoms with E-state index in [4.69, 9.17) is 9.47 Å². The first-order chi connectivity index (χ1) is 17.0. The lowest BCUT2D eigenvalue weighted by Gasteiger charge is -2.19. The van der Waals surface area contributed by atoms with Crippen molar-refractivity contribution in [3.63, 3.8) is 0 Å². The Kier molecular flexibility index (Phi) is 7.86. The van der Waals surface area contributed by atoms with E-state index >= 15 is 0 Å². The van der Waals surface area contributed by atoms with Crippen molar-refractivity contribution in [2.45, 2.75) is 38.0 Å². The highest BCUT2D eigenvalue weighted by molar-refractivity contribution is 5.87. The first-order valence-corrected chi connectivity index (χ1v) is 12.2. The van der Waals surface area contributed by atoms with Crippen molar-refractivity contribution in [2.75, 3.05) is 20.8 Å². The van der Waals surface area contributed by atoms with E-state index in [1.165, 1.54) is 16.7 Å². The standard InChI is InChI=1S/C30H34N2O3/c1-22-7-8-23(21-32-22)6-4-5-19-31-29(33)18-13-26-20-30(26,24-9-14-27(34-2)15-10-24)25-11-16-28(35-3)17-12-25/h7-18,21,26H,4-6,19-20H2,1-3H3,(H,31,33)/t26-/m1/s1. The molecule has 2 aromatic carbocycles. The van der Waals surface area contributed by atoms with Gasteiger partial charge in [0.05, 0.1) is 14.2 Å². The Labute approximate surface area is 208 Å². The molecule has 0 unspecified atom stereocenters. The lowest BCUT2D eigenvalue weighted by atomic mass is 9.85. The number of methoxy groups -OCH3 is 2. The molecule has 0 radical (unpaired) electrons. The lowest BCUT2D eigenvalue weighted by molar-refractivity contribution is -0.116. The molecule has 35 heavy (non-hydrogen) atoms. The number of carbonyl (C=O) groups excluding carboxylic acids is 1. The van der Waals surface area contributed by atoms with E-state index in [9.17, 15) is 4.79 Å². The maximum atomic E-state index is 12.5. The number of amides is 1. The van der Waals surface area contributed by atoms with Crippen LogP contribution in [0.5, 0.6) is 11.5 Å². The first kappa shape index (κ1) is 24.5. The Morgan fingerprint density at radius 2 is 1.60 bits per heavy atom. The zero-order valence-electron chi connectivity index (χ0n) is 20.8. The predicted octanol–water partition coefficient (Wildman–Crippen LogP) is 5.41. The summed E-state index contributed by atoms with van der Waals surface area (Å²) in [5, 5.41) is 3.02. The molecular weight excluding hydrogens is 436 g/mol. The van der Waals surface area contributed by atoms with Gasteiger partial charge in [-0.3, -0.25) is 9.78 Å². The van der Waals surface area contributed by atoms with Crippen LogP contribution in [-0.2, 0) is 16.6 Å². The van der Waals surface area contributed by atoms with E-state index in [-0.39, 0.29) is 17.2 Å². The van der Waals surface area contributed by atoms with Crippen LogP contribution in [0.15, 0.2) is 79.0 Å². The molecule has 5 nitrogen and oxygen atoms in total. The van der Waals surface area contributed by atoms with Crippen LogP contribution >= 0.6 is 0 Å². The minimum absolute atomic E-state index is 0.0349. The van der Waals surface area contributed by atoms with Gasteiger partial charge in [-0.25, -0.2) is 0 Å². The number of carbonyl (C=O) groups is 1. The van der Waals surface area contributed by atoms with E-state index < -0.39 is 0 Å². The van der Waals surface area contributed by atoms with Crippen LogP contribution < -0.4 is 14.8 Å². The Bertz CT molecular complexity index is 1090. The smallest absolute Gasteiger partial charge is 0.243 e. The molecule has 1 saturated carbocycles. The van der Waals surface area contributed by atoms with Gasteiger partial charge in [-0.15, -0.1) is 0 Å². The second kappa shape index (κ2) is 11.2. The molecule has 1 aromatic heterocycles. The number of benzene rings is 2.